The van der Waals surface area contributed by atoms with Gasteiger partial charge in [0.05, 0.1) is 24.3 Å². The van der Waals surface area contributed by atoms with Gasteiger partial charge in [-0.1, -0.05) is 35.3 Å². The second-order valence-electron chi connectivity index (χ2n) is 5.32. The average molecular weight is 384 g/mol. The van der Waals surface area contributed by atoms with Gasteiger partial charge in [-0.2, -0.15) is 0 Å². The Labute approximate surface area is 156 Å². The van der Waals surface area contributed by atoms with Gasteiger partial charge in [-0.05, 0) is 36.2 Å². The Morgan fingerprint density at radius 2 is 1.84 bits per heavy atom. The summed E-state index contributed by atoms with van der Waals surface area (Å²) in [6, 6.07) is 9.92. The Balaban J connectivity index is 2.18. The Morgan fingerprint density at radius 1 is 1.16 bits per heavy atom. The highest BCUT2D eigenvalue weighted by Gasteiger charge is 2.16. The van der Waals surface area contributed by atoms with Crippen LogP contribution in [0.1, 0.15) is 11.1 Å². The molecule has 2 aromatic rings. The number of methoxy groups -OCH3 is 2. The van der Waals surface area contributed by atoms with Gasteiger partial charge in [0.15, 0.2) is 5.75 Å². The number of hydrogen-bond donors (Lipinski definition) is 1. The summed E-state index contributed by atoms with van der Waals surface area (Å²) in [5.74, 6) is 0.597. The van der Waals surface area contributed by atoms with E-state index in [1.54, 1.807) is 31.4 Å². The van der Waals surface area contributed by atoms with Crippen LogP contribution in [0.3, 0.4) is 0 Å². The number of esters is 1. The fourth-order valence-electron chi connectivity index (χ4n) is 2.33. The molecule has 5 nitrogen and oxygen atoms in total. The van der Waals surface area contributed by atoms with Crippen LogP contribution >= 0.6 is 23.2 Å². The average Bonchev–Trinajstić information content (AvgIpc) is 2.60. The van der Waals surface area contributed by atoms with E-state index in [1.807, 2.05) is 12.1 Å². The summed E-state index contributed by atoms with van der Waals surface area (Å²) in [5.41, 5.74) is 7.46. The van der Waals surface area contributed by atoms with E-state index in [0.717, 1.165) is 11.1 Å². The first-order valence-electron chi connectivity index (χ1n) is 7.52. The lowest BCUT2D eigenvalue weighted by Crippen LogP contribution is -2.33. The Hall–Kier alpha value is -1.95. The van der Waals surface area contributed by atoms with E-state index in [-0.39, 0.29) is 6.61 Å². The summed E-state index contributed by atoms with van der Waals surface area (Å²) in [6.45, 7) is 0.202. The van der Waals surface area contributed by atoms with Crippen molar-refractivity contribution in [3.05, 3.63) is 57.6 Å². The van der Waals surface area contributed by atoms with Crippen LogP contribution in [-0.2, 0) is 22.6 Å². The molecule has 2 rings (SSSR count). The van der Waals surface area contributed by atoms with Gasteiger partial charge in [0.25, 0.3) is 0 Å². The largest absolute Gasteiger partial charge is 0.496 e. The lowest BCUT2D eigenvalue weighted by atomic mass is 10.0. The molecule has 0 aliphatic rings. The van der Waals surface area contributed by atoms with E-state index in [2.05, 4.69) is 4.74 Å². The molecular formula is C18H19Cl2NO4. The minimum Gasteiger partial charge on any atom is -0.496 e. The van der Waals surface area contributed by atoms with Crippen molar-refractivity contribution in [2.75, 3.05) is 14.2 Å². The van der Waals surface area contributed by atoms with E-state index in [4.69, 9.17) is 38.4 Å². The third kappa shape index (κ3) is 5.01. The maximum Gasteiger partial charge on any atom is 0.322 e. The topological polar surface area (TPSA) is 70.8 Å². The van der Waals surface area contributed by atoms with Crippen LogP contribution in [0.15, 0.2) is 36.4 Å². The predicted molar refractivity (Wildman–Crippen MR) is 97.5 cm³/mol. The van der Waals surface area contributed by atoms with Crippen molar-refractivity contribution in [3.8, 4) is 11.5 Å². The molecule has 0 aliphatic heterocycles. The standard InChI is InChI=1S/C18H19Cl2NO4/c1-23-16-7-6-11(9-15(21)18(22)24-2)8-12(16)10-25-17-13(19)4-3-5-14(17)20/h3-8,15H,9-10,21H2,1-2H3. The van der Waals surface area contributed by atoms with E-state index in [1.165, 1.54) is 7.11 Å². The van der Waals surface area contributed by atoms with Gasteiger partial charge < -0.3 is 19.9 Å². The maximum atomic E-state index is 11.5. The molecule has 0 bridgehead atoms. The molecule has 1 unspecified atom stereocenters. The molecule has 2 aromatic carbocycles. The molecule has 0 saturated carbocycles. The molecule has 0 spiro atoms. The summed E-state index contributed by atoms with van der Waals surface area (Å²) < 4.78 is 15.8. The summed E-state index contributed by atoms with van der Waals surface area (Å²) in [4.78, 5) is 11.5. The monoisotopic (exact) mass is 383 g/mol. The van der Waals surface area contributed by atoms with Crippen molar-refractivity contribution in [1.29, 1.82) is 0 Å². The SMILES string of the molecule is COC(=O)C(N)Cc1ccc(OC)c(COc2c(Cl)cccc2Cl)c1. The van der Waals surface area contributed by atoms with Crippen LogP contribution < -0.4 is 15.2 Å². The van der Waals surface area contributed by atoms with Gasteiger partial charge in [0.1, 0.15) is 18.4 Å². The third-order valence-electron chi connectivity index (χ3n) is 3.60. The number of benzene rings is 2. The van der Waals surface area contributed by atoms with Gasteiger partial charge in [-0.3, -0.25) is 4.79 Å². The molecule has 134 valence electrons. The summed E-state index contributed by atoms with van der Waals surface area (Å²) >= 11 is 12.2. The molecule has 25 heavy (non-hydrogen) atoms. The molecule has 2 N–H and O–H groups in total. The number of hydrogen-bond acceptors (Lipinski definition) is 5. The van der Waals surface area contributed by atoms with Crippen LogP contribution in [-0.4, -0.2) is 26.2 Å². The first-order chi connectivity index (χ1) is 12.0. The molecule has 0 fully saturated rings. The number of nitrogens with two attached hydrogens (primary N) is 1. The van der Waals surface area contributed by atoms with E-state index < -0.39 is 12.0 Å². The fourth-order valence-corrected chi connectivity index (χ4v) is 2.84. The minimum absolute atomic E-state index is 0.202. The zero-order valence-corrected chi connectivity index (χ0v) is 15.4. The molecule has 0 saturated heterocycles. The zero-order valence-electron chi connectivity index (χ0n) is 13.9. The highest BCUT2D eigenvalue weighted by molar-refractivity contribution is 6.37. The van der Waals surface area contributed by atoms with Crippen LogP contribution in [0.4, 0.5) is 0 Å². The van der Waals surface area contributed by atoms with Gasteiger partial charge in [-0.25, -0.2) is 0 Å². The van der Waals surface area contributed by atoms with Crippen molar-refractivity contribution in [2.24, 2.45) is 5.73 Å². The van der Waals surface area contributed by atoms with Crippen LogP contribution in [0, 0.1) is 0 Å². The van der Waals surface area contributed by atoms with E-state index >= 15 is 0 Å². The zero-order chi connectivity index (χ0) is 18.4. The Bertz CT molecular complexity index is 732. The Morgan fingerprint density at radius 3 is 2.44 bits per heavy atom. The molecule has 0 heterocycles. The summed E-state index contributed by atoms with van der Waals surface area (Å²) in [7, 11) is 2.88. The molecule has 0 aromatic heterocycles. The number of halogens is 2. The quantitative estimate of drug-likeness (QED) is 0.739. The molecular weight excluding hydrogens is 365 g/mol. The first-order valence-corrected chi connectivity index (χ1v) is 8.27. The lowest BCUT2D eigenvalue weighted by molar-refractivity contribution is -0.142. The van der Waals surface area contributed by atoms with Gasteiger partial charge in [0.2, 0.25) is 0 Å². The van der Waals surface area contributed by atoms with Crippen molar-refractivity contribution in [2.45, 2.75) is 19.1 Å². The fraction of sp³-hybridized carbons (Fsp3) is 0.278. The highest BCUT2D eigenvalue weighted by atomic mass is 35.5. The minimum atomic E-state index is -0.731. The number of carbonyl (C=O) groups is 1. The van der Waals surface area contributed by atoms with Gasteiger partial charge >= 0.3 is 5.97 Å². The summed E-state index contributed by atoms with van der Waals surface area (Å²) in [5, 5.41) is 0.852. The van der Waals surface area contributed by atoms with Crippen molar-refractivity contribution in [3.63, 3.8) is 0 Å². The molecule has 1 atom stereocenters. The molecule has 0 amide bonds. The van der Waals surface area contributed by atoms with Crippen molar-refractivity contribution < 1.29 is 19.0 Å². The smallest absolute Gasteiger partial charge is 0.322 e. The second-order valence-corrected chi connectivity index (χ2v) is 6.13. The third-order valence-corrected chi connectivity index (χ3v) is 4.19. The highest BCUT2D eigenvalue weighted by Crippen LogP contribution is 2.33. The van der Waals surface area contributed by atoms with Gasteiger partial charge in [-0.15, -0.1) is 0 Å². The van der Waals surface area contributed by atoms with Crippen LogP contribution in [0.5, 0.6) is 11.5 Å². The normalized spacial score (nSPS) is 11.7. The number of ether oxygens (including phenoxy) is 3. The van der Waals surface area contributed by atoms with E-state index in [0.29, 0.717) is 28.0 Å². The summed E-state index contributed by atoms with van der Waals surface area (Å²) in [6.07, 6.45) is 0.344. The second kappa shape index (κ2) is 8.94. The van der Waals surface area contributed by atoms with Crippen molar-refractivity contribution >= 4 is 29.2 Å². The molecule has 0 radical (unpaired) electrons. The maximum absolute atomic E-state index is 11.5. The molecule has 7 heteroatoms. The number of carbonyl (C=O) groups excluding carboxylic acids is 1. The number of rotatable bonds is 7. The van der Waals surface area contributed by atoms with Crippen LogP contribution in [0.2, 0.25) is 10.0 Å². The number of para-hydroxylation sites is 1. The van der Waals surface area contributed by atoms with Gasteiger partial charge in [0, 0.05) is 5.56 Å². The predicted octanol–water partition coefficient (Wildman–Crippen LogP) is 3.62. The van der Waals surface area contributed by atoms with Crippen LogP contribution in [0.25, 0.3) is 0 Å². The Kier molecular flexibility index (Phi) is 6.93. The lowest BCUT2D eigenvalue weighted by Gasteiger charge is -2.15. The molecule has 0 aliphatic carbocycles. The van der Waals surface area contributed by atoms with Crippen molar-refractivity contribution in [1.82, 2.24) is 0 Å². The van der Waals surface area contributed by atoms with E-state index in [9.17, 15) is 4.79 Å². The first kappa shape index (κ1) is 19.4.